The third-order valence-corrected chi connectivity index (χ3v) is 4.86. The molecule has 0 aliphatic carbocycles. The number of methoxy groups -OCH3 is 1. The molecule has 2 aromatic rings. The van der Waals surface area contributed by atoms with E-state index in [9.17, 15) is 29.7 Å². The molecule has 0 unspecified atom stereocenters. The van der Waals surface area contributed by atoms with E-state index in [2.05, 4.69) is 10.6 Å². The van der Waals surface area contributed by atoms with Gasteiger partial charge in [0.1, 0.15) is 17.5 Å². The Morgan fingerprint density at radius 2 is 1.75 bits per heavy atom. The zero-order valence-electron chi connectivity index (χ0n) is 17.8. The summed E-state index contributed by atoms with van der Waals surface area (Å²) in [5.74, 6) is -2.48. The molecule has 0 saturated heterocycles. The zero-order chi connectivity index (χ0) is 23.5. The topological polar surface area (TPSA) is 145 Å². The van der Waals surface area contributed by atoms with Crippen molar-refractivity contribution in [3.8, 4) is 11.5 Å². The van der Waals surface area contributed by atoms with Crippen LogP contribution in [0.4, 0.5) is 0 Å². The summed E-state index contributed by atoms with van der Waals surface area (Å²) in [6.45, 7) is 0.299. The quantitative estimate of drug-likeness (QED) is 0.244. The molecule has 172 valence electrons. The third-order valence-electron chi connectivity index (χ3n) is 4.86. The lowest BCUT2D eigenvalue weighted by molar-refractivity contribution is -0.145. The number of esters is 1. The number of carbonyl (C=O) groups is 3. The fourth-order valence-electron chi connectivity index (χ4n) is 3.21. The van der Waals surface area contributed by atoms with Crippen LogP contribution < -0.4 is 10.6 Å². The third kappa shape index (κ3) is 7.92. The molecule has 0 aliphatic heterocycles. The molecule has 0 aliphatic rings. The van der Waals surface area contributed by atoms with Gasteiger partial charge in [0.05, 0.1) is 19.6 Å². The number of hydrogen-bond donors (Lipinski definition) is 5. The Labute approximate surface area is 186 Å². The minimum Gasteiger partial charge on any atom is -0.508 e. The van der Waals surface area contributed by atoms with Gasteiger partial charge < -0.3 is 30.7 Å². The molecular weight excluding hydrogens is 416 g/mol. The van der Waals surface area contributed by atoms with E-state index in [0.29, 0.717) is 24.9 Å². The van der Waals surface area contributed by atoms with Crippen molar-refractivity contribution in [2.75, 3.05) is 13.7 Å². The summed E-state index contributed by atoms with van der Waals surface area (Å²) in [7, 11) is 1.22. The molecule has 2 atom stereocenters. The van der Waals surface area contributed by atoms with Crippen LogP contribution in [0.1, 0.15) is 24.0 Å². The van der Waals surface area contributed by atoms with Crippen LogP contribution in [0, 0.1) is 0 Å². The first-order valence-electron chi connectivity index (χ1n) is 10.2. The van der Waals surface area contributed by atoms with E-state index in [1.807, 2.05) is 30.3 Å². The molecule has 0 spiro atoms. The molecule has 0 bridgehead atoms. The number of aliphatic carboxylic acids is 1. The number of amides is 1. The Bertz CT molecular complexity index is 918. The summed E-state index contributed by atoms with van der Waals surface area (Å²) in [5, 5.41) is 33.9. The van der Waals surface area contributed by atoms with Crippen molar-refractivity contribution >= 4 is 17.8 Å². The molecule has 0 saturated carbocycles. The highest BCUT2D eigenvalue weighted by Crippen LogP contribution is 2.23. The van der Waals surface area contributed by atoms with Gasteiger partial charge in [-0.15, -0.1) is 0 Å². The average Bonchev–Trinajstić information content (AvgIpc) is 2.76. The second-order valence-electron chi connectivity index (χ2n) is 7.30. The van der Waals surface area contributed by atoms with Crippen LogP contribution in [0.15, 0.2) is 48.5 Å². The molecule has 0 heterocycles. The van der Waals surface area contributed by atoms with Crippen molar-refractivity contribution in [3.05, 3.63) is 59.7 Å². The highest BCUT2D eigenvalue weighted by molar-refractivity contribution is 5.90. The molecule has 1 amide bonds. The van der Waals surface area contributed by atoms with Gasteiger partial charge in [-0.1, -0.05) is 36.4 Å². The van der Waals surface area contributed by atoms with E-state index in [4.69, 9.17) is 4.74 Å². The summed E-state index contributed by atoms with van der Waals surface area (Å²) in [6.07, 6.45) is 0.709. The minimum absolute atomic E-state index is 0.0355. The van der Waals surface area contributed by atoms with Gasteiger partial charge in [-0.3, -0.25) is 9.59 Å². The number of carboxylic acid groups (broad SMARTS) is 1. The van der Waals surface area contributed by atoms with Crippen LogP contribution >= 0.6 is 0 Å². The lowest BCUT2D eigenvalue weighted by Gasteiger charge is -2.21. The fraction of sp³-hybridized carbons (Fsp3) is 0.348. The maximum atomic E-state index is 12.7. The van der Waals surface area contributed by atoms with Gasteiger partial charge in [-0.2, -0.15) is 0 Å². The van der Waals surface area contributed by atoms with Crippen LogP contribution in [-0.2, 0) is 32.0 Å². The van der Waals surface area contributed by atoms with Crippen molar-refractivity contribution in [1.29, 1.82) is 0 Å². The van der Waals surface area contributed by atoms with Crippen LogP contribution in [0.3, 0.4) is 0 Å². The molecule has 0 fully saturated rings. The van der Waals surface area contributed by atoms with Gasteiger partial charge in [0.2, 0.25) is 5.91 Å². The number of carboxylic acids is 1. The number of aromatic hydroxyl groups is 2. The van der Waals surface area contributed by atoms with Crippen molar-refractivity contribution in [2.45, 2.75) is 37.8 Å². The van der Waals surface area contributed by atoms with E-state index in [1.54, 1.807) is 6.07 Å². The Morgan fingerprint density at radius 3 is 2.38 bits per heavy atom. The molecule has 0 aromatic heterocycles. The Kier molecular flexibility index (Phi) is 9.49. The van der Waals surface area contributed by atoms with E-state index in [0.717, 1.165) is 5.56 Å². The smallest absolute Gasteiger partial charge is 0.328 e. The van der Waals surface area contributed by atoms with Crippen LogP contribution in [0.5, 0.6) is 11.5 Å². The van der Waals surface area contributed by atoms with Gasteiger partial charge in [0, 0.05) is 12.5 Å². The first-order chi connectivity index (χ1) is 15.3. The van der Waals surface area contributed by atoms with Crippen molar-refractivity contribution in [1.82, 2.24) is 10.6 Å². The summed E-state index contributed by atoms with van der Waals surface area (Å²) >= 11 is 0. The Balaban J connectivity index is 1.97. The Hall–Kier alpha value is -3.59. The standard InChI is InChI=1S/C23H28N2O7/c1-32-23(31)19(12-15-6-3-2-4-7-15)25-22(30)18(14-21(28)29)24-11-5-8-16-9-10-17(26)13-20(16)27/h2-4,6-7,9-10,13,18-19,24,26-27H,5,8,11-12,14H2,1H3,(H,25,30)(H,28,29)/t18-,19-/m1/s1. The highest BCUT2D eigenvalue weighted by Gasteiger charge is 2.27. The molecule has 2 rings (SSSR count). The lowest BCUT2D eigenvalue weighted by atomic mass is 10.0. The number of phenolic OH excluding ortho intramolecular Hbond substituents is 2. The summed E-state index contributed by atoms with van der Waals surface area (Å²) in [5.41, 5.74) is 1.44. The van der Waals surface area contributed by atoms with Gasteiger partial charge in [-0.25, -0.2) is 4.79 Å². The summed E-state index contributed by atoms with van der Waals surface area (Å²) in [4.78, 5) is 36.1. The van der Waals surface area contributed by atoms with E-state index < -0.39 is 36.4 Å². The van der Waals surface area contributed by atoms with Crippen molar-refractivity contribution in [3.63, 3.8) is 0 Å². The summed E-state index contributed by atoms with van der Waals surface area (Å²) in [6, 6.07) is 11.4. The number of rotatable bonds is 12. The number of nitrogens with one attached hydrogen (secondary N) is 2. The molecule has 5 N–H and O–H groups in total. The first-order valence-corrected chi connectivity index (χ1v) is 10.2. The second-order valence-corrected chi connectivity index (χ2v) is 7.30. The van der Waals surface area contributed by atoms with Gasteiger partial charge in [0.15, 0.2) is 0 Å². The van der Waals surface area contributed by atoms with Gasteiger partial charge in [-0.05, 0) is 36.6 Å². The maximum absolute atomic E-state index is 12.7. The molecule has 32 heavy (non-hydrogen) atoms. The molecule has 2 aromatic carbocycles. The largest absolute Gasteiger partial charge is 0.508 e. The number of aryl methyl sites for hydroxylation is 1. The molecule has 0 radical (unpaired) electrons. The normalized spacial score (nSPS) is 12.5. The number of phenols is 2. The molecular formula is C23H28N2O7. The monoisotopic (exact) mass is 444 g/mol. The zero-order valence-corrected chi connectivity index (χ0v) is 17.8. The number of hydrogen-bond acceptors (Lipinski definition) is 7. The predicted octanol–water partition coefficient (Wildman–Crippen LogP) is 1.36. The van der Waals surface area contributed by atoms with Gasteiger partial charge in [0.25, 0.3) is 0 Å². The average molecular weight is 444 g/mol. The predicted molar refractivity (Wildman–Crippen MR) is 116 cm³/mol. The van der Waals surface area contributed by atoms with Crippen LogP contribution in [0.25, 0.3) is 0 Å². The lowest BCUT2D eigenvalue weighted by Crippen LogP contribution is -2.52. The van der Waals surface area contributed by atoms with Crippen LogP contribution in [-0.4, -0.2) is 58.9 Å². The highest BCUT2D eigenvalue weighted by atomic mass is 16.5. The van der Waals surface area contributed by atoms with E-state index in [1.165, 1.54) is 19.2 Å². The van der Waals surface area contributed by atoms with Gasteiger partial charge >= 0.3 is 11.9 Å². The second kappa shape index (κ2) is 12.3. The molecule has 9 nitrogen and oxygen atoms in total. The minimum atomic E-state index is -1.16. The first kappa shape index (κ1) is 24.7. The number of ether oxygens (including phenoxy) is 1. The number of benzene rings is 2. The Morgan fingerprint density at radius 1 is 1.03 bits per heavy atom. The summed E-state index contributed by atoms with van der Waals surface area (Å²) < 4.78 is 4.78. The van der Waals surface area contributed by atoms with Crippen LogP contribution in [0.2, 0.25) is 0 Å². The maximum Gasteiger partial charge on any atom is 0.328 e. The van der Waals surface area contributed by atoms with Crippen molar-refractivity contribution < 1.29 is 34.4 Å². The fourth-order valence-corrected chi connectivity index (χ4v) is 3.21. The van der Waals surface area contributed by atoms with E-state index in [-0.39, 0.29) is 17.9 Å². The molecule has 9 heteroatoms. The SMILES string of the molecule is COC(=O)[C@@H](Cc1ccccc1)NC(=O)[C@@H](CC(=O)O)NCCCc1ccc(O)cc1O. The van der Waals surface area contributed by atoms with Crippen molar-refractivity contribution in [2.24, 2.45) is 0 Å². The van der Waals surface area contributed by atoms with E-state index >= 15 is 0 Å². The number of carbonyl (C=O) groups excluding carboxylic acids is 2.